The summed E-state index contributed by atoms with van der Waals surface area (Å²) in [5, 5.41) is 2.60. The van der Waals surface area contributed by atoms with Crippen molar-refractivity contribution in [1.82, 2.24) is 14.6 Å². The number of aromatic nitrogens is 2. The van der Waals surface area contributed by atoms with Gasteiger partial charge in [-0.25, -0.2) is 18.1 Å². The van der Waals surface area contributed by atoms with Crippen molar-refractivity contribution >= 4 is 19.5 Å². The molecule has 3 N–H and O–H groups in total. The van der Waals surface area contributed by atoms with Crippen LogP contribution in [0.5, 0.6) is 5.75 Å². The third-order valence-corrected chi connectivity index (χ3v) is 9.63. The molecule has 4 unspecified atom stereocenters. The second-order valence-corrected chi connectivity index (χ2v) is 13.6. The van der Waals surface area contributed by atoms with Gasteiger partial charge in [-0.05, 0) is 38.5 Å². The number of carbonyl (C=O) groups excluding carboxylic acids is 1. The molecule has 0 amide bonds. The first-order valence-electron chi connectivity index (χ1n) is 14.8. The number of hydrogen-bond acceptors (Lipinski definition) is 10. The molecule has 1 saturated heterocycles. The summed E-state index contributed by atoms with van der Waals surface area (Å²) in [6.07, 6.45) is -0.698. The summed E-state index contributed by atoms with van der Waals surface area (Å²) in [5.41, 5.74) is 4.17. The van der Waals surface area contributed by atoms with Gasteiger partial charge in [-0.1, -0.05) is 55.5 Å². The predicted octanol–water partition coefficient (Wildman–Crippen LogP) is 4.56. The van der Waals surface area contributed by atoms with Crippen LogP contribution in [0.2, 0.25) is 0 Å². The van der Waals surface area contributed by atoms with E-state index in [4.69, 9.17) is 29.0 Å². The summed E-state index contributed by atoms with van der Waals surface area (Å²) in [4.78, 5) is 28.6. The highest BCUT2D eigenvalue weighted by Gasteiger charge is 2.82. The molecule has 12 nitrogen and oxygen atoms in total. The van der Waals surface area contributed by atoms with Crippen molar-refractivity contribution < 1.29 is 41.4 Å². The number of hydrogen-bond donors (Lipinski definition) is 2. The van der Waals surface area contributed by atoms with E-state index < -0.39 is 79.1 Å². The van der Waals surface area contributed by atoms with Crippen molar-refractivity contribution in [3.05, 3.63) is 88.7 Å². The average Bonchev–Trinajstić information content (AvgIpc) is 3.55. The average molecular weight is 663 g/mol. The molecule has 3 aromatic rings. The SMILES string of the molecule is CC(C)OC(=O)[C@H](C)NP(=O)(OC[C@H]1OC2(F)C([C@@H]2n2cc(F)c(N)nc2=O)C1(C)COCc1ccccc1)Oc1ccccc1. The lowest BCUT2D eigenvalue weighted by Crippen LogP contribution is -2.43. The van der Waals surface area contributed by atoms with Gasteiger partial charge >= 0.3 is 19.4 Å². The highest BCUT2D eigenvalue weighted by Crippen LogP contribution is 2.72. The summed E-state index contributed by atoms with van der Waals surface area (Å²) in [7, 11) is -4.32. The molecule has 7 atom stereocenters. The van der Waals surface area contributed by atoms with Crippen LogP contribution >= 0.6 is 7.75 Å². The van der Waals surface area contributed by atoms with Gasteiger partial charge in [-0.2, -0.15) is 10.1 Å². The van der Waals surface area contributed by atoms with Crippen LogP contribution in [0.1, 0.15) is 39.3 Å². The van der Waals surface area contributed by atoms with Crippen LogP contribution in [0.3, 0.4) is 0 Å². The number of nitrogens with two attached hydrogens (primary N) is 1. The Morgan fingerprint density at radius 3 is 2.46 bits per heavy atom. The molecule has 1 saturated carbocycles. The Labute approximate surface area is 264 Å². The van der Waals surface area contributed by atoms with E-state index in [0.717, 1.165) is 16.3 Å². The molecular formula is C31H37F2N4O8P. The molecule has 2 aromatic carbocycles. The van der Waals surface area contributed by atoms with Crippen LogP contribution in [0.4, 0.5) is 14.6 Å². The topological polar surface area (TPSA) is 153 Å². The molecule has 2 heterocycles. The van der Waals surface area contributed by atoms with Crippen molar-refractivity contribution in [2.24, 2.45) is 11.3 Å². The quantitative estimate of drug-likeness (QED) is 0.185. The summed E-state index contributed by atoms with van der Waals surface area (Å²) in [6.45, 7) is 6.12. The van der Waals surface area contributed by atoms with Gasteiger partial charge in [0.15, 0.2) is 11.6 Å². The Kier molecular flexibility index (Phi) is 9.67. The van der Waals surface area contributed by atoms with E-state index in [-0.39, 0.29) is 19.0 Å². The van der Waals surface area contributed by atoms with Gasteiger partial charge < -0.3 is 24.5 Å². The molecule has 2 aliphatic rings. The second-order valence-electron chi connectivity index (χ2n) is 11.9. The maximum Gasteiger partial charge on any atom is 0.459 e. The third kappa shape index (κ3) is 7.01. The monoisotopic (exact) mass is 662 g/mol. The van der Waals surface area contributed by atoms with Crippen molar-refractivity contribution in [2.75, 3.05) is 18.9 Å². The number of halogens is 2. The normalized spacial score (nSPS) is 27.1. The molecule has 0 bridgehead atoms. The highest BCUT2D eigenvalue weighted by molar-refractivity contribution is 7.52. The predicted molar refractivity (Wildman–Crippen MR) is 163 cm³/mol. The number of nitrogens with one attached hydrogen (secondary N) is 1. The number of para-hydroxylation sites is 1. The van der Waals surface area contributed by atoms with Crippen LogP contribution in [0, 0.1) is 17.2 Å². The van der Waals surface area contributed by atoms with Gasteiger partial charge in [-0.15, -0.1) is 0 Å². The van der Waals surface area contributed by atoms with E-state index in [2.05, 4.69) is 10.1 Å². The molecule has 1 aliphatic heterocycles. The first-order valence-corrected chi connectivity index (χ1v) is 16.3. The molecule has 248 valence electrons. The molecular weight excluding hydrogens is 625 g/mol. The molecule has 5 rings (SSSR count). The van der Waals surface area contributed by atoms with Crippen molar-refractivity contribution in [2.45, 2.75) is 64.4 Å². The molecule has 46 heavy (non-hydrogen) atoms. The number of nitrogens with zero attached hydrogens (tertiary/aromatic N) is 2. The Morgan fingerprint density at radius 1 is 1.15 bits per heavy atom. The lowest BCUT2D eigenvalue weighted by Gasteiger charge is -2.34. The van der Waals surface area contributed by atoms with Crippen LogP contribution in [0.15, 0.2) is 71.7 Å². The number of ether oxygens (including phenoxy) is 3. The summed E-state index contributed by atoms with van der Waals surface area (Å²) >= 11 is 0. The van der Waals surface area contributed by atoms with Crippen LogP contribution in [-0.4, -0.2) is 52.8 Å². The van der Waals surface area contributed by atoms with Gasteiger partial charge in [0.25, 0.3) is 0 Å². The number of esters is 1. The number of rotatable bonds is 14. The van der Waals surface area contributed by atoms with Gasteiger partial charge in [0.2, 0.25) is 5.85 Å². The number of benzene rings is 2. The fourth-order valence-corrected chi connectivity index (χ4v) is 7.19. The van der Waals surface area contributed by atoms with E-state index in [0.29, 0.717) is 0 Å². The minimum Gasteiger partial charge on any atom is -0.462 e. The van der Waals surface area contributed by atoms with Crippen molar-refractivity contribution in [1.29, 1.82) is 0 Å². The Balaban J connectivity index is 1.40. The smallest absolute Gasteiger partial charge is 0.459 e. The maximum atomic E-state index is 16.5. The van der Waals surface area contributed by atoms with Gasteiger partial charge in [0.1, 0.15) is 17.8 Å². The first kappa shape index (κ1) is 33.7. The molecule has 15 heteroatoms. The molecule has 1 aromatic heterocycles. The Hall–Kier alpha value is -3.68. The van der Waals surface area contributed by atoms with Crippen molar-refractivity contribution in [3.63, 3.8) is 0 Å². The van der Waals surface area contributed by atoms with Crippen LogP contribution in [0.25, 0.3) is 0 Å². The largest absolute Gasteiger partial charge is 0.462 e. The summed E-state index contributed by atoms with van der Waals surface area (Å²) in [5.74, 6) is -5.52. The number of anilines is 1. The fourth-order valence-electron chi connectivity index (χ4n) is 5.70. The fraction of sp³-hybridized carbons (Fsp3) is 0.452. The molecule has 2 fully saturated rings. The lowest BCUT2D eigenvalue weighted by atomic mass is 9.80. The third-order valence-electron chi connectivity index (χ3n) is 7.98. The summed E-state index contributed by atoms with van der Waals surface area (Å²) in [6, 6.07) is 15.1. The number of carbonyl (C=O) groups is 1. The standard InChI is InChI=1S/C31H37F2N4O8P/c1-19(2)43-28(38)20(3)36-46(40,45-22-13-9-6-10-14-22)42-17-24-30(4,18-41-16-21-11-7-5-8-12-21)25-26(31(25,33)44-24)37-15-23(32)27(34)35-29(37)39/h5-15,19-20,24-26H,16-18H2,1-4H3,(H,36,40)(H2,34,35,39)/t20-,24+,25?,26-,30?,31?,46?/m0/s1. The van der Waals surface area contributed by atoms with Gasteiger partial charge in [0.05, 0.1) is 37.9 Å². The molecule has 0 spiro atoms. The number of nitrogen functional groups attached to an aromatic ring is 1. The van der Waals surface area contributed by atoms with E-state index in [9.17, 15) is 18.5 Å². The number of fused-ring (bicyclic) bond motifs is 1. The second kappa shape index (κ2) is 13.2. The maximum absolute atomic E-state index is 16.5. The van der Waals surface area contributed by atoms with E-state index >= 15 is 4.39 Å². The van der Waals surface area contributed by atoms with Crippen LogP contribution < -0.4 is 21.0 Å². The molecule has 0 radical (unpaired) electrons. The van der Waals surface area contributed by atoms with Crippen LogP contribution in [-0.2, 0) is 34.7 Å². The number of alkyl halides is 1. The Morgan fingerprint density at radius 2 is 1.80 bits per heavy atom. The minimum atomic E-state index is -4.32. The van der Waals surface area contributed by atoms with E-state index in [1.54, 1.807) is 51.1 Å². The summed E-state index contributed by atoms with van der Waals surface area (Å²) < 4.78 is 74.4. The van der Waals surface area contributed by atoms with Gasteiger partial charge in [0, 0.05) is 11.6 Å². The van der Waals surface area contributed by atoms with E-state index in [1.807, 2.05) is 30.3 Å². The zero-order chi connectivity index (χ0) is 33.3. The van der Waals surface area contributed by atoms with Gasteiger partial charge in [-0.3, -0.25) is 13.9 Å². The molecule has 1 aliphatic carbocycles. The minimum absolute atomic E-state index is 0.0726. The first-order chi connectivity index (χ1) is 21.8. The highest BCUT2D eigenvalue weighted by atomic mass is 31.2. The Bertz CT molecular complexity index is 1650. The van der Waals surface area contributed by atoms with Crippen molar-refractivity contribution in [3.8, 4) is 5.75 Å². The lowest BCUT2D eigenvalue weighted by molar-refractivity contribution is -0.149. The zero-order valence-corrected chi connectivity index (χ0v) is 26.7. The zero-order valence-electron chi connectivity index (χ0n) is 25.8. The van der Waals surface area contributed by atoms with E-state index in [1.165, 1.54) is 6.92 Å².